The molecule has 2 heterocycles. The van der Waals surface area contributed by atoms with Crippen molar-refractivity contribution in [2.45, 2.75) is 18.8 Å². The Hall–Kier alpha value is -2.14. The molecule has 2 aromatic rings. The zero-order chi connectivity index (χ0) is 15.0. The molecule has 1 aliphatic rings. The highest BCUT2D eigenvalue weighted by Gasteiger charge is 2.45. The molecule has 5 heteroatoms. The van der Waals surface area contributed by atoms with Gasteiger partial charge in [0.1, 0.15) is 0 Å². The topological polar surface area (TPSA) is 85.2 Å². The highest BCUT2D eigenvalue weighted by atomic mass is 16.5. The van der Waals surface area contributed by atoms with Crippen LogP contribution in [0.3, 0.4) is 0 Å². The number of benzene rings is 1. The van der Waals surface area contributed by atoms with Crippen molar-refractivity contribution in [1.29, 1.82) is 0 Å². The molecule has 5 nitrogen and oxygen atoms in total. The van der Waals surface area contributed by atoms with E-state index in [0.29, 0.717) is 18.8 Å². The van der Waals surface area contributed by atoms with Gasteiger partial charge < -0.3 is 15.5 Å². The van der Waals surface area contributed by atoms with Crippen molar-refractivity contribution in [3.05, 3.63) is 46.2 Å². The summed E-state index contributed by atoms with van der Waals surface area (Å²) in [4.78, 5) is 27.4. The monoisotopic (exact) mass is 286 g/mol. The third-order valence-corrected chi connectivity index (χ3v) is 4.57. The molecule has 2 unspecified atom stereocenters. The fourth-order valence-electron chi connectivity index (χ4n) is 3.08. The fourth-order valence-corrected chi connectivity index (χ4v) is 3.08. The molecule has 1 fully saturated rings. The van der Waals surface area contributed by atoms with Gasteiger partial charge in [0.25, 0.3) is 5.56 Å². The second-order valence-electron chi connectivity index (χ2n) is 5.73. The first kappa shape index (κ1) is 13.8. The highest BCUT2D eigenvalue weighted by molar-refractivity contribution is 5.88. The number of nitrogens with one attached hydrogen (secondary N) is 1. The largest absolute Gasteiger partial charge is 0.381 e. The molecule has 110 valence electrons. The van der Waals surface area contributed by atoms with E-state index in [0.717, 1.165) is 17.3 Å². The summed E-state index contributed by atoms with van der Waals surface area (Å²) in [5, 5.41) is 0.887. The minimum absolute atomic E-state index is 0.0720. The smallest absolute Gasteiger partial charge is 0.252 e. The van der Waals surface area contributed by atoms with E-state index in [4.69, 9.17) is 10.5 Å². The molecular weight excluding hydrogens is 268 g/mol. The Balaban J connectivity index is 2.22. The summed E-state index contributed by atoms with van der Waals surface area (Å²) in [5.74, 6) is -0.559. The van der Waals surface area contributed by atoms with Gasteiger partial charge in [-0.1, -0.05) is 18.2 Å². The maximum atomic E-state index is 12.4. The summed E-state index contributed by atoms with van der Waals surface area (Å²) in [7, 11) is 0. The van der Waals surface area contributed by atoms with Gasteiger partial charge in [-0.25, -0.2) is 0 Å². The quantitative estimate of drug-likeness (QED) is 0.892. The number of nitrogens with two attached hydrogens (primary N) is 1. The Morgan fingerprint density at radius 3 is 2.86 bits per heavy atom. The third-order valence-electron chi connectivity index (χ3n) is 4.57. The standard InChI is InChI=1S/C16H18N2O3/c1-16(15(17)20,11-6-7-21-9-11)12-8-10-4-2-3-5-13(10)18-14(12)19/h2-5,8,11H,6-7,9H2,1H3,(H2,17,20)(H,18,19). The molecule has 1 aromatic heterocycles. The van der Waals surface area contributed by atoms with Gasteiger partial charge in [-0.2, -0.15) is 0 Å². The summed E-state index contributed by atoms with van der Waals surface area (Å²) >= 11 is 0. The van der Waals surface area contributed by atoms with Crippen molar-refractivity contribution in [2.24, 2.45) is 11.7 Å². The van der Waals surface area contributed by atoms with Crippen LogP contribution in [0.25, 0.3) is 10.9 Å². The molecule has 1 amide bonds. The molecule has 21 heavy (non-hydrogen) atoms. The van der Waals surface area contributed by atoms with Crippen LogP contribution >= 0.6 is 0 Å². The van der Waals surface area contributed by atoms with Crippen LogP contribution in [0.15, 0.2) is 35.1 Å². The number of amides is 1. The molecule has 0 spiro atoms. The predicted molar refractivity (Wildman–Crippen MR) is 80.0 cm³/mol. The van der Waals surface area contributed by atoms with Gasteiger partial charge in [-0.3, -0.25) is 9.59 Å². The molecular formula is C16H18N2O3. The van der Waals surface area contributed by atoms with Gasteiger partial charge in [0, 0.05) is 23.6 Å². The van der Waals surface area contributed by atoms with Crippen LogP contribution in [0.2, 0.25) is 0 Å². The molecule has 1 saturated heterocycles. The average molecular weight is 286 g/mol. The number of hydrogen-bond donors (Lipinski definition) is 2. The van der Waals surface area contributed by atoms with Gasteiger partial charge >= 0.3 is 0 Å². The van der Waals surface area contributed by atoms with Gasteiger partial charge in [0.15, 0.2) is 0 Å². The van der Waals surface area contributed by atoms with Crippen LogP contribution in [0.5, 0.6) is 0 Å². The normalized spacial score (nSPS) is 21.3. The number of pyridine rings is 1. The first-order chi connectivity index (χ1) is 10.0. The summed E-state index contributed by atoms with van der Waals surface area (Å²) < 4.78 is 5.38. The van der Waals surface area contributed by atoms with E-state index in [2.05, 4.69) is 4.98 Å². The van der Waals surface area contributed by atoms with E-state index in [-0.39, 0.29) is 11.5 Å². The lowest BCUT2D eigenvalue weighted by Crippen LogP contribution is -2.48. The van der Waals surface area contributed by atoms with Crippen molar-refractivity contribution in [3.8, 4) is 0 Å². The van der Waals surface area contributed by atoms with Crippen molar-refractivity contribution < 1.29 is 9.53 Å². The maximum Gasteiger partial charge on any atom is 0.252 e. The number of hydrogen-bond acceptors (Lipinski definition) is 3. The molecule has 1 aromatic carbocycles. The number of H-pyrrole nitrogens is 1. The summed E-state index contributed by atoms with van der Waals surface area (Å²) in [6.45, 7) is 2.79. The first-order valence-electron chi connectivity index (χ1n) is 7.03. The van der Waals surface area contributed by atoms with E-state index in [1.165, 1.54) is 0 Å². The Morgan fingerprint density at radius 1 is 1.43 bits per heavy atom. The number of ether oxygens (including phenoxy) is 1. The molecule has 0 aliphatic carbocycles. The van der Waals surface area contributed by atoms with E-state index in [9.17, 15) is 9.59 Å². The van der Waals surface area contributed by atoms with E-state index in [1.54, 1.807) is 13.0 Å². The van der Waals surface area contributed by atoms with Crippen LogP contribution in [-0.2, 0) is 14.9 Å². The van der Waals surface area contributed by atoms with E-state index >= 15 is 0 Å². The minimum Gasteiger partial charge on any atom is -0.381 e. The molecule has 3 N–H and O–H groups in total. The molecule has 0 bridgehead atoms. The Kier molecular flexibility index (Phi) is 3.29. The predicted octanol–water partition coefficient (Wildman–Crippen LogP) is 1.31. The summed E-state index contributed by atoms with van der Waals surface area (Å²) in [6.07, 6.45) is 0.728. The van der Waals surface area contributed by atoms with Crippen LogP contribution in [0.1, 0.15) is 18.9 Å². The number of primary amides is 1. The van der Waals surface area contributed by atoms with Crippen LogP contribution in [0.4, 0.5) is 0 Å². The number of aromatic nitrogens is 1. The van der Waals surface area contributed by atoms with Crippen LogP contribution < -0.4 is 11.3 Å². The lowest BCUT2D eigenvalue weighted by Gasteiger charge is -2.31. The van der Waals surface area contributed by atoms with Gasteiger partial charge in [0.05, 0.1) is 12.0 Å². The van der Waals surface area contributed by atoms with E-state index in [1.807, 2.05) is 24.3 Å². The molecule has 2 atom stereocenters. The third kappa shape index (κ3) is 2.14. The minimum atomic E-state index is -1.02. The van der Waals surface area contributed by atoms with Crippen molar-refractivity contribution in [2.75, 3.05) is 13.2 Å². The second-order valence-corrected chi connectivity index (χ2v) is 5.73. The first-order valence-corrected chi connectivity index (χ1v) is 7.03. The van der Waals surface area contributed by atoms with Crippen LogP contribution in [-0.4, -0.2) is 24.1 Å². The fraction of sp³-hybridized carbons (Fsp3) is 0.375. The number of carbonyl (C=O) groups is 1. The lowest BCUT2D eigenvalue weighted by atomic mass is 9.71. The molecule has 1 aliphatic heterocycles. The maximum absolute atomic E-state index is 12.4. The number of aromatic amines is 1. The van der Waals surface area contributed by atoms with Gasteiger partial charge in [-0.15, -0.1) is 0 Å². The number of rotatable bonds is 3. The Bertz CT molecular complexity index is 747. The summed E-state index contributed by atoms with van der Waals surface area (Å²) in [6, 6.07) is 9.26. The van der Waals surface area contributed by atoms with E-state index < -0.39 is 11.3 Å². The zero-order valence-electron chi connectivity index (χ0n) is 11.9. The molecule has 3 rings (SSSR count). The Labute approximate surface area is 122 Å². The Morgan fingerprint density at radius 2 is 2.19 bits per heavy atom. The number of para-hydroxylation sites is 1. The van der Waals surface area contributed by atoms with Gasteiger partial charge in [-0.05, 0) is 30.9 Å². The highest BCUT2D eigenvalue weighted by Crippen LogP contribution is 2.36. The summed E-state index contributed by atoms with van der Waals surface area (Å²) in [5.41, 5.74) is 5.54. The average Bonchev–Trinajstić information content (AvgIpc) is 3.00. The molecule has 0 saturated carbocycles. The number of fused-ring (bicyclic) bond motifs is 1. The zero-order valence-corrected chi connectivity index (χ0v) is 11.9. The van der Waals surface area contributed by atoms with Crippen molar-refractivity contribution in [3.63, 3.8) is 0 Å². The number of carbonyl (C=O) groups excluding carboxylic acids is 1. The second kappa shape index (κ2) is 5.00. The van der Waals surface area contributed by atoms with Crippen molar-refractivity contribution >= 4 is 16.8 Å². The molecule has 0 radical (unpaired) electrons. The van der Waals surface area contributed by atoms with Crippen LogP contribution in [0, 0.1) is 5.92 Å². The SMILES string of the molecule is CC(C(N)=O)(c1cc2ccccc2[nH]c1=O)C1CCOC1. The van der Waals surface area contributed by atoms with Crippen molar-refractivity contribution in [1.82, 2.24) is 4.98 Å². The van der Waals surface area contributed by atoms with Gasteiger partial charge in [0.2, 0.25) is 5.91 Å². The lowest BCUT2D eigenvalue weighted by molar-refractivity contribution is -0.125.